The van der Waals surface area contributed by atoms with Crippen molar-refractivity contribution < 1.29 is 17.9 Å². The molecule has 0 aromatic heterocycles. The Morgan fingerprint density at radius 1 is 1.14 bits per heavy atom. The number of nitrogens with zero attached hydrogens (tertiary/aromatic N) is 1. The molecule has 7 nitrogen and oxygen atoms in total. The van der Waals surface area contributed by atoms with E-state index in [1.165, 1.54) is 0 Å². The minimum absolute atomic E-state index is 0.0342. The molecule has 0 bridgehead atoms. The molecule has 0 spiro atoms. The topological polar surface area (TPSA) is 102 Å². The van der Waals surface area contributed by atoms with Gasteiger partial charge < -0.3 is 15.4 Å². The first-order valence-corrected chi connectivity index (χ1v) is 10.6. The Hall–Kier alpha value is -2.16. The van der Waals surface area contributed by atoms with E-state index in [9.17, 15) is 13.2 Å². The molecule has 0 radical (unpaired) electrons. The van der Waals surface area contributed by atoms with Gasteiger partial charge in [-0.1, -0.05) is 24.3 Å². The predicted octanol–water partition coefficient (Wildman–Crippen LogP) is 2.24. The van der Waals surface area contributed by atoms with Crippen molar-refractivity contribution in [2.45, 2.75) is 43.7 Å². The summed E-state index contributed by atoms with van der Waals surface area (Å²) in [5.74, 6) is -0.549. The molecule has 0 heterocycles. The van der Waals surface area contributed by atoms with Crippen LogP contribution in [0, 0.1) is 0 Å². The van der Waals surface area contributed by atoms with Crippen molar-refractivity contribution >= 4 is 32.5 Å². The fourth-order valence-corrected chi connectivity index (χ4v) is 4.08. The number of anilines is 1. The summed E-state index contributed by atoms with van der Waals surface area (Å²) in [5.41, 5.74) is 6.12. The van der Waals surface area contributed by atoms with Crippen LogP contribution in [0.15, 0.2) is 41.3 Å². The van der Waals surface area contributed by atoms with Crippen molar-refractivity contribution in [2.24, 2.45) is 5.73 Å². The number of rotatable bonds is 7. The highest BCUT2D eigenvalue weighted by atomic mass is 32.2. The lowest BCUT2D eigenvalue weighted by Crippen LogP contribution is -2.40. The zero-order chi connectivity index (χ0) is 21.1. The minimum Gasteiger partial charge on any atom is -0.459 e. The third-order valence-electron chi connectivity index (χ3n) is 4.09. The lowest BCUT2D eigenvalue weighted by atomic mass is 10.1. The van der Waals surface area contributed by atoms with Crippen molar-refractivity contribution in [3.63, 3.8) is 0 Å². The Kier molecular flexibility index (Phi) is 6.69. The van der Waals surface area contributed by atoms with Gasteiger partial charge >= 0.3 is 5.97 Å². The van der Waals surface area contributed by atoms with E-state index in [1.54, 1.807) is 39.0 Å². The van der Waals surface area contributed by atoms with Gasteiger partial charge in [0, 0.05) is 37.1 Å². The average Bonchev–Trinajstić information content (AvgIpc) is 2.58. The zero-order valence-electron chi connectivity index (χ0n) is 17.0. The molecule has 0 aliphatic heterocycles. The summed E-state index contributed by atoms with van der Waals surface area (Å²) in [6.45, 7) is 5.29. The van der Waals surface area contributed by atoms with Crippen LogP contribution in [-0.2, 0) is 19.6 Å². The molecule has 154 valence electrons. The molecule has 2 aromatic rings. The number of hydrogen-bond donors (Lipinski definition) is 2. The highest BCUT2D eigenvalue weighted by molar-refractivity contribution is 7.89. The number of benzene rings is 2. The van der Waals surface area contributed by atoms with E-state index in [1.807, 2.05) is 37.2 Å². The summed E-state index contributed by atoms with van der Waals surface area (Å²) < 4.78 is 33.4. The molecule has 0 saturated carbocycles. The van der Waals surface area contributed by atoms with Gasteiger partial charge in [0.25, 0.3) is 0 Å². The van der Waals surface area contributed by atoms with Gasteiger partial charge in [-0.3, -0.25) is 4.79 Å². The van der Waals surface area contributed by atoms with Crippen LogP contribution in [0.3, 0.4) is 0 Å². The molecule has 0 aliphatic carbocycles. The number of carbonyl (C=O) groups is 1. The molecule has 0 amide bonds. The number of hydrogen-bond acceptors (Lipinski definition) is 6. The van der Waals surface area contributed by atoms with E-state index in [0.29, 0.717) is 5.39 Å². The van der Waals surface area contributed by atoms with Gasteiger partial charge in [0.2, 0.25) is 10.0 Å². The van der Waals surface area contributed by atoms with Gasteiger partial charge in [0.05, 0.1) is 4.90 Å². The molecule has 0 saturated heterocycles. The first-order chi connectivity index (χ1) is 12.9. The molecule has 2 rings (SSSR count). The summed E-state index contributed by atoms with van der Waals surface area (Å²) in [6, 6.07) is 9.83. The monoisotopic (exact) mass is 407 g/mol. The first-order valence-electron chi connectivity index (χ1n) is 9.09. The van der Waals surface area contributed by atoms with Gasteiger partial charge in [-0.15, -0.1) is 0 Å². The second-order valence-corrected chi connectivity index (χ2v) is 9.58. The second-order valence-electron chi connectivity index (χ2n) is 7.85. The molecule has 3 N–H and O–H groups in total. The highest BCUT2D eigenvalue weighted by Gasteiger charge is 2.23. The van der Waals surface area contributed by atoms with E-state index in [-0.39, 0.29) is 17.9 Å². The first kappa shape index (κ1) is 22.1. The molecule has 1 atom stereocenters. The number of ether oxygens (including phenoxy) is 1. The minimum atomic E-state index is -3.76. The van der Waals surface area contributed by atoms with Crippen molar-refractivity contribution in [3.8, 4) is 0 Å². The molecule has 0 aliphatic rings. The van der Waals surface area contributed by atoms with Crippen LogP contribution in [0.5, 0.6) is 0 Å². The molecule has 2 aromatic carbocycles. The zero-order valence-corrected chi connectivity index (χ0v) is 17.8. The van der Waals surface area contributed by atoms with Crippen LogP contribution in [0.4, 0.5) is 5.69 Å². The van der Waals surface area contributed by atoms with Crippen molar-refractivity contribution in [3.05, 3.63) is 36.4 Å². The Bertz CT molecular complexity index is 950. The normalized spacial score (nSPS) is 13.4. The quantitative estimate of drug-likeness (QED) is 0.683. The third kappa shape index (κ3) is 5.43. The van der Waals surface area contributed by atoms with Crippen molar-refractivity contribution in [1.29, 1.82) is 0 Å². The fraction of sp³-hybridized carbons (Fsp3) is 0.450. The van der Waals surface area contributed by atoms with E-state index < -0.39 is 27.6 Å². The second kappa shape index (κ2) is 8.46. The number of nitrogens with one attached hydrogen (secondary N) is 1. The van der Waals surface area contributed by atoms with Crippen molar-refractivity contribution in [2.75, 3.05) is 25.5 Å². The third-order valence-corrected chi connectivity index (χ3v) is 5.61. The summed E-state index contributed by atoms with van der Waals surface area (Å²) in [7, 11) is 0.0559. The van der Waals surface area contributed by atoms with Gasteiger partial charge in [-0.2, -0.15) is 0 Å². The molecule has 28 heavy (non-hydrogen) atoms. The van der Waals surface area contributed by atoms with Gasteiger partial charge in [0.1, 0.15) is 11.6 Å². The average molecular weight is 408 g/mol. The molecule has 1 unspecified atom stereocenters. The predicted molar refractivity (Wildman–Crippen MR) is 112 cm³/mol. The van der Waals surface area contributed by atoms with E-state index in [0.717, 1.165) is 11.1 Å². The molecule has 8 heteroatoms. The van der Waals surface area contributed by atoms with Crippen LogP contribution < -0.4 is 15.4 Å². The van der Waals surface area contributed by atoms with Crippen LogP contribution in [0.1, 0.15) is 27.2 Å². The lowest BCUT2D eigenvalue weighted by Gasteiger charge is -2.22. The Morgan fingerprint density at radius 3 is 2.36 bits per heavy atom. The summed E-state index contributed by atoms with van der Waals surface area (Å²) >= 11 is 0. The van der Waals surface area contributed by atoms with Crippen LogP contribution in [0.25, 0.3) is 10.8 Å². The smallest absolute Gasteiger partial charge is 0.323 e. The molecule has 0 fully saturated rings. The van der Waals surface area contributed by atoms with Gasteiger partial charge in [0.15, 0.2) is 0 Å². The summed E-state index contributed by atoms with van der Waals surface area (Å²) in [6.07, 6.45) is 0.141. The lowest BCUT2D eigenvalue weighted by molar-refractivity contribution is -0.156. The van der Waals surface area contributed by atoms with Crippen molar-refractivity contribution in [1.82, 2.24) is 4.72 Å². The number of fused-ring (bicyclic) bond motifs is 1. The molecular weight excluding hydrogens is 378 g/mol. The highest BCUT2D eigenvalue weighted by Crippen LogP contribution is 2.30. The number of sulfonamides is 1. The maximum Gasteiger partial charge on any atom is 0.323 e. The van der Waals surface area contributed by atoms with Crippen LogP contribution in [-0.4, -0.2) is 46.7 Å². The standard InChI is InChI=1S/C20H29N3O4S/c1-20(2,3)27-19(24)16(21)12-13-22-28(25,26)18-11-7-8-14-15(18)9-6-10-17(14)23(4)5/h6-11,16,22H,12-13,21H2,1-5H3. The van der Waals surface area contributed by atoms with E-state index in [2.05, 4.69) is 4.72 Å². The Morgan fingerprint density at radius 2 is 1.75 bits per heavy atom. The summed E-state index contributed by atoms with van der Waals surface area (Å²) in [5, 5.41) is 1.48. The van der Waals surface area contributed by atoms with Gasteiger partial charge in [-0.25, -0.2) is 13.1 Å². The maximum absolute atomic E-state index is 12.8. The van der Waals surface area contributed by atoms with Gasteiger partial charge in [-0.05, 0) is 39.3 Å². The number of esters is 1. The fourth-order valence-electron chi connectivity index (χ4n) is 2.81. The van der Waals surface area contributed by atoms with E-state index in [4.69, 9.17) is 10.5 Å². The largest absolute Gasteiger partial charge is 0.459 e. The van der Waals surface area contributed by atoms with Crippen LogP contribution in [0.2, 0.25) is 0 Å². The maximum atomic E-state index is 12.8. The number of nitrogens with two attached hydrogens (primary N) is 1. The van der Waals surface area contributed by atoms with E-state index >= 15 is 0 Å². The summed E-state index contributed by atoms with van der Waals surface area (Å²) in [4.78, 5) is 14.1. The SMILES string of the molecule is CN(C)c1cccc2c(S(=O)(=O)NCCC(N)C(=O)OC(C)(C)C)cccc12. The van der Waals surface area contributed by atoms with Crippen LogP contribution >= 0.6 is 0 Å². The Labute approximate surface area is 166 Å². The Balaban J connectivity index is 2.16. The number of carbonyl (C=O) groups excluding carboxylic acids is 1. The molecular formula is C20H29N3O4S.